The number of alkyl halides is 3. The molecule has 2 aromatic carbocycles. The molecule has 1 aliphatic heterocycles. The quantitative estimate of drug-likeness (QED) is 0.718. The van der Waals surface area contributed by atoms with E-state index in [0.717, 1.165) is 18.1 Å². The smallest absolute Gasteiger partial charge is 0.545 e. The van der Waals surface area contributed by atoms with Crippen LogP contribution < -0.4 is 39.4 Å². The van der Waals surface area contributed by atoms with Crippen LogP contribution in [0.5, 0.6) is 5.75 Å². The van der Waals surface area contributed by atoms with E-state index in [4.69, 9.17) is 16.3 Å². The predicted molar refractivity (Wildman–Crippen MR) is 89.7 cm³/mol. The molecular formula is C19H13ClF3NaO3. The molecule has 3 rings (SSSR count). The fourth-order valence-electron chi connectivity index (χ4n) is 2.82. The number of fused-ring (bicyclic) bond motifs is 1. The van der Waals surface area contributed by atoms with Gasteiger partial charge >= 0.3 is 35.7 Å². The van der Waals surface area contributed by atoms with Crippen molar-refractivity contribution < 1.29 is 57.4 Å². The van der Waals surface area contributed by atoms with Crippen LogP contribution in [0.4, 0.5) is 13.2 Å². The van der Waals surface area contributed by atoms with E-state index in [1.54, 1.807) is 12.1 Å². The third kappa shape index (κ3) is 4.51. The van der Waals surface area contributed by atoms with Crippen molar-refractivity contribution in [2.24, 2.45) is 0 Å². The molecule has 0 bridgehead atoms. The molecule has 0 N–H and O–H groups in total. The molecule has 0 unspecified atom stereocenters. The number of hydrogen-bond acceptors (Lipinski definition) is 3. The van der Waals surface area contributed by atoms with E-state index >= 15 is 0 Å². The summed E-state index contributed by atoms with van der Waals surface area (Å²) in [6, 6.07) is 10.1. The number of hydrogen-bond donors (Lipinski definition) is 0. The number of carbonyl (C=O) groups excluding carboxylic acids is 1. The van der Waals surface area contributed by atoms with Crippen molar-refractivity contribution >= 4 is 23.6 Å². The average Bonchev–Trinajstić information content (AvgIpc) is 2.59. The first kappa shape index (κ1) is 21.8. The largest absolute Gasteiger partial charge is 1.00 e. The molecule has 136 valence electrons. The molecule has 0 amide bonds. The first-order valence-electron chi connectivity index (χ1n) is 7.80. The van der Waals surface area contributed by atoms with Gasteiger partial charge in [-0.05, 0) is 35.8 Å². The van der Waals surface area contributed by atoms with E-state index in [-0.39, 0.29) is 45.9 Å². The molecular weight excluding hydrogens is 392 g/mol. The normalized spacial score (nSPS) is 15.9. The van der Waals surface area contributed by atoms with E-state index in [1.807, 2.05) is 19.1 Å². The van der Waals surface area contributed by atoms with Crippen LogP contribution in [-0.2, 0) is 11.2 Å². The molecule has 0 aliphatic carbocycles. The summed E-state index contributed by atoms with van der Waals surface area (Å²) in [4.78, 5) is 11.1. The van der Waals surface area contributed by atoms with Gasteiger partial charge in [0.05, 0.1) is 5.97 Å². The van der Waals surface area contributed by atoms with Gasteiger partial charge in [0.1, 0.15) is 5.75 Å². The van der Waals surface area contributed by atoms with E-state index in [1.165, 1.54) is 12.1 Å². The molecule has 0 saturated heterocycles. The zero-order chi connectivity index (χ0) is 19.1. The van der Waals surface area contributed by atoms with Crippen molar-refractivity contribution in [2.75, 3.05) is 0 Å². The number of aliphatic carboxylic acids is 1. The number of ether oxygens (including phenoxy) is 1. The summed E-state index contributed by atoms with van der Waals surface area (Å²) in [6.07, 6.45) is -5.78. The van der Waals surface area contributed by atoms with Gasteiger partial charge in [-0.2, -0.15) is 13.2 Å². The molecule has 0 radical (unpaired) electrons. The first-order chi connectivity index (χ1) is 12.2. The topological polar surface area (TPSA) is 49.4 Å². The van der Waals surface area contributed by atoms with Crippen LogP contribution in [0.3, 0.4) is 0 Å². The van der Waals surface area contributed by atoms with Crippen molar-refractivity contribution in [3.63, 3.8) is 0 Å². The third-order valence-electron chi connectivity index (χ3n) is 4.12. The average molecular weight is 405 g/mol. The van der Waals surface area contributed by atoms with Gasteiger partial charge in [-0.25, -0.2) is 0 Å². The molecule has 27 heavy (non-hydrogen) atoms. The molecule has 1 heterocycles. The van der Waals surface area contributed by atoms with Crippen LogP contribution in [0.1, 0.15) is 18.1 Å². The monoisotopic (exact) mass is 404 g/mol. The first-order valence-corrected chi connectivity index (χ1v) is 8.17. The van der Waals surface area contributed by atoms with Gasteiger partial charge in [0.2, 0.25) is 6.10 Å². The second kappa shape index (κ2) is 8.27. The van der Waals surface area contributed by atoms with Crippen LogP contribution in [0.15, 0.2) is 42.0 Å². The SMILES string of the molecule is CCc1ccc(-c2cc(Cl)cc3c2O[C@H](C(F)(F)F)C(C(=O)[O-])=C3)cc1.[Na+]. The van der Waals surface area contributed by atoms with Gasteiger partial charge in [-0.15, -0.1) is 0 Å². The van der Waals surface area contributed by atoms with Crippen molar-refractivity contribution in [3.8, 4) is 16.9 Å². The van der Waals surface area contributed by atoms with Crippen LogP contribution in [0.25, 0.3) is 17.2 Å². The Morgan fingerprint density at radius 3 is 2.37 bits per heavy atom. The number of carboxylic acids is 1. The van der Waals surface area contributed by atoms with Crippen LogP contribution in [0, 0.1) is 0 Å². The Hall–Kier alpha value is -1.47. The molecule has 0 saturated carbocycles. The van der Waals surface area contributed by atoms with Gasteiger partial charge in [0, 0.05) is 21.7 Å². The molecule has 3 nitrogen and oxygen atoms in total. The maximum absolute atomic E-state index is 13.3. The maximum atomic E-state index is 13.3. The summed E-state index contributed by atoms with van der Waals surface area (Å²) in [5.74, 6) is -2.00. The van der Waals surface area contributed by atoms with Crippen LogP contribution >= 0.6 is 11.6 Å². The van der Waals surface area contributed by atoms with Gasteiger partial charge < -0.3 is 14.6 Å². The number of carbonyl (C=O) groups is 1. The minimum Gasteiger partial charge on any atom is -0.545 e. The molecule has 2 aromatic rings. The van der Waals surface area contributed by atoms with E-state index < -0.39 is 23.8 Å². The Morgan fingerprint density at radius 1 is 1.22 bits per heavy atom. The maximum Gasteiger partial charge on any atom is 1.00 e. The van der Waals surface area contributed by atoms with Gasteiger partial charge in [-0.3, -0.25) is 0 Å². The van der Waals surface area contributed by atoms with Gasteiger partial charge in [-0.1, -0.05) is 42.8 Å². The fourth-order valence-corrected chi connectivity index (χ4v) is 3.05. The second-order valence-electron chi connectivity index (χ2n) is 5.85. The number of aryl methyl sites for hydroxylation is 1. The van der Waals surface area contributed by atoms with Crippen molar-refractivity contribution in [1.29, 1.82) is 0 Å². The van der Waals surface area contributed by atoms with Gasteiger partial charge in [0.25, 0.3) is 0 Å². The van der Waals surface area contributed by atoms with Crippen LogP contribution in [0.2, 0.25) is 5.02 Å². The molecule has 0 aromatic heterocycles. The standard InChI is InChI=1S/C19H14ClF3O3.Na/c1-2-10-3-5-11(6-4-10)14-9-13(20)7-12-8-15(18(24)25)17(19(21,22)23)26-16(12)14;/h3-9,17H,2H2,1H3,(H,24,25);/q;+1/p-1/t17-;/m0./s1. The second-order valence-corrected chi connectivity index (χ2v) is 6.29. The molecule has 1 aliphatic rings. The molecule has 0 spiro atoms. The van der Waals surface area contributed by atoms with Crippen molar-refractivity contribution in [3.05, 3.63) is 58.1 Å². The summed E-state index contributed by atoms with van der Waals surface area (Å²) in [7, 11) is 0. The number of rotatable bonds is 3. The zero-order valence-corrected chi connectivity index (χ0v) is 17.3. The number of carboxylic acid groups (broad SMARTS) is 1. The molecule has 0 fully saturated rings. The van der Waals surface area contributed by atoms with Crippen molar-refractivity contribution in [1.82, 2.24) is 0 Å². The van der Waals surface area contributed by atoms with E-state index in [9.17, 15) is 23.1 Å². The van der Waals surface area contributed by atoms with E-state index in [0.29, 0.717) is 11.1 Å². The van der Waals surface area contributed by atoms with E-state index in [2.05, 4.69) is 0 Å². The Labute approximate surface area is 181 Å². The Balaban J connectivity index is 0.00000261. The third-order valence-corrected chi connectivity index (χ3v) is 4.34. The fraction of sp³-hybridized carbons (Fsp3) is 0.211. The summed E-state index contributed by atoms with van der Waals surface area (Å²) in [5, 5.41) is 11.4. The summed E-state index contributed by atoms with van der Waals surface area (Å²) < 4.78 is 44.9. The minimum atomic E-state index is -4.90. The zero-order valence-electron chi connectivity index (χ0n) is 14.6. The summed E-state index contributed by atoms with van der Waals surface area (Å²) >= 11 is 6.07. The number of benzene rings is 2. The molecule has 1 atom stereocenters. The minimum absolute atomic E-state index is 0. The summed E-state index contributed by atoms with van der Waals surface area (Å²) in [6.45, 7) is 1.99. The predicted octanol–water partition coefficient (Wildman–Crippen LogP) is 1.03. The summed E-state index contributed by atoms with van der Waals surface area (Å²) in [5.41, 5.74) is 1.22. The Kier molecular flexibility index (Phi) is 6.68. The van der Waals surface area contributed by atoms with Crippen molar-refractivity contribution in [2.45, 2.75) is 25.6 Å². The number of halogens is 4. The molecule has 8 heteroatoms. The Morgan fingerprint density at radius 2 is 1.85 bits per heavy atom. The Bertz CT molecular complexity index is 892. The van der Waals surface area contributed by atoms with Gasteiger partial charge in [0.15, 0.2) is 0 Å². The van der Waals surface area contributed by atoms with Crippen LogP contribution in [-0.4, -0.2) is 18.2 Å².